The number of benzene rings is 1. The molecule has 0 aromatic heterocycles. The number of rotatable bonds is 8. The molecule has 4 nitrogen and oxygen atoms in total. The van der Waals surface area contributed by atoms with Gasteiger partial charge in [-0.1, -0.05) is 66.8 Å². The number of carbonyl (C=O) groups excluding carboxylic acids is 2. The van der Waals surface area contributed by atoms with Gasteiger partial charge in [-0.25, -0.2) is 0 Å². The van der Waals surface area contributed by atoms with E-state index in [0.29, 0.717) is 22.2 Å². The van der Waals surface area contributed by atoms with Gasteiger partial charge in [0.25, 0.3) is 5.91 Å². The minimum atomic E-state index is -1.03. The lowest BCUT2D eigenvalue weighted by Crippen LogP contribution is -2.29. The van der Waals surface area contributed by atoms with Crippen molar-refractivity contribution in [2.24, 2.45) is 0 Å². The quantitative estimate of drug-likeness (QED) is 0.397. The average Bonchev–Trinajstić information content (AvgIpc) is 2.82. The van der Waals surface area contributed by atoms with E-state index in [1.165, 1.54) is 11.8 Å². The van der Waals surface area contributed by atoms with Gasteiger partial charge in [0.2, 0.25) is 0 Å². The fourth-order valence-corrected chi connectivity index (χ4v) is 3.83. The van der Waals surface area contributed by atoms with Crippen LogP contribution in [0.4, 0.5) is 0 Å². The molecule has 0 bridgehead atoms. The van der Waals surface area contributed by atoms with Crippen molar-refractivity contribution in [1.29, 1.82) is 0 Å². The van der Waals surface area contributed by atoms with Crippen molar-refractivity contribution in [1.82, 2.24) is 4.90 Å². The Balaban J connectivity index is 1.93. The molecule has 1 fully saturated rings. The van der Waals surface area contributed by atoms with Crippen LogP contribution < -0.4 is 5.11 Å². The van der Waals surface area contributed by atoms with E-state index in [2.05, 4.69) is 0 Å². The number of carboxylic acids is 1. The second-order valence-electron chi connectivity index (χ2n) is 5.82. The number of hydrogen-bond acceptors (Lipinski definition) is 5. The summed E-state index contributed by atoms with van der Waals surface area (Å²) in [6.45, 7) is 2.48. The second-order valence-corrected chi connectivity index (χ2v) is 7.49. The molecule has 0 saturated carbocycles. The molecule has 1 aliphatic heterocycles. The summed E-state index contributed by atoms with van der Waals surface area (Å²) in [5.74, 6) is -1.11. The fraction of sp³-hybridized carbons (Fsp3) is 0.316. The van der Waals surface area contributed by atoms with Gasteiger partial charge < -0.3 is 9.90 Å². The molecule has 0 atom stereocenters. The van der Waals surface area contributed by atoms with Crippen LogP contribution in [-0.4, -0.2) is 27.6 Å². The molecule has 0 unspecified atom stereocenters. The maximum Gasteiger partial charge on any atom is 0.266 e. The summed E-state index contributed by atoms with van der Waals surface area (Å²) in [4.78, 5) is 25.1. The summed E-state index contributed by atoms with van der Waals surface area (Å²) < 4.78 is 0.559. The lowest BCUT2D eigenvalue weighted by Gasteiger charge is -2.14. The number of nitrogens with zero attached hydrogens (tertiary/aromatic N) is 1. The van der Waals surface area contributed by atoms with Crippen LogP contribution >= 0.6 is 24.0 Å². The van der Waals surface area contributed by atoms with Crippen molar-refractivity contribution in [2.45, 2.75) is 32.6 Å². The van der Waals surface area contributed by atoms with Crippen molar-refractivity contribution in [2.75, 3.05) is 6.54 Å². The summed E-state index contributed by atoms with van der Waals surface area (Å²) in [6.07, 6.45) is 5.96. The van der Waals surface area contributed by atoms with Gasteiger partial charge in [0.05, 0.1) is 4.91 Å². The topological polar surface area (TPSA) is 60.4 Å². The Morgan fingerprint density at radius 2 is 1.96 bits per heavy atom. The average molecular weight is 375 g/mol. The van der Waals surface area contributed by atoms with Crippen molar-refractivity contribution in [3.8, 4) is 0 Å². The van der Waals surface area contributed by atoms with Gasteiger partial charge in [0.15, 0.2) is 0 Å². The molecule has 0 N–H and O–H groups in total. The molecule has 1 aliphatic rings. The fourth-order valence-electron chi connectivity index (χ4n) is 2.47. The molecular formula is C19H20NO3S2-. The number of aliphatic carboxylic acids is 1. The number of allylic oxidation sites excluding steroid dienone is 2. The van der Waals surface area contributed by atoms with E-state index in [-0.39, 0.29) is 12.3 Å². The molecular weight excluding hydrogens is 354 g/mol. The number of thioether (sulfide) groups is 1. The molecule has 1 aromatic carbocycles. The molecule has 25 heavy (non-hydrogen) atoms. The summed E-state index contributed by atoms with van der Waals surface area (Å²) in [7, 11) is 0. The van der Waals surface area contributed by atoms with Crippen LogP contribution in [0.5, 0.6) is 0 Å². The van der Waals surface area contributed by atoms with E-state index < -0.39 is 5.97 Å². The molecule has 2 rings (SSSR count). The highest BCUT2D eigenvalue weighted by molar-refractivity contribution is 8.26. The second kappa shape index (κ2) is 9.53. The van der Waals surface area contributed by atoms with Gasteiger partial charge >= 0.3 is 0 Å². The molecule has 132 valence electrons. The summed E-state index contributed by atoms with van der Waals surface area (Å²) in [6, 6.07) is 9.92. The standard InChI is InChI=1S/C19H21NO3S2/c1-14(12-15-8-4-2-5-9-15)13-16-18(23)20(19(24)25-16)11-7-3-6-10-17(21)22/h2,4-5,8-9,12-13H,3,6-7,10-11H2,1H3,(H,21,22)/p-1/b14-12?,16-13-. The first-order valence-corrected chi connectivity index (χ1v) is 9.38. The lowest BCUT2D eigenvalue weighted by atomic mass is 10.1. The minimum absolute atomic E-state index is 0.0573. The molecule has 0 spiro atoms. The Morgan fingerprint density at radius 1 is 1.24 bits per heavy atom. The highest BCUT2D eigenvalue weighted by atomic mass is 32.2. The molecule has 1 aromatic rings. The summed E-state index contributed by atoms with van der Waals surface area (Å²) in [5.41, 5.74) is 2.07. The number of hydrogen-bond donors (Lipinski definition) is 0. The number of carboxylic acid groups (broad SMARTS) is 1. The molecule has 6 heteroatoms. The van der Waals surface area contributed by atoms with E-state index in [1.807, 2.05) is 49.4 Å². The SMILES string of the molecule is CC(=Cc1ccccc1)/C=C1\SC(=S)N(CCCCCC(=O)[O-])C1=O. The molecule has 0 radical (unpaired) electrons. The van der Waals surface area contributed by atoms with Gasteiger partial charge in [-0.05, 0) is 43.4 Å². The van der Waals surface area contributed by atoms with Crippen molar-refractivity contribution in [3.05, 3.63) is 52.4 Å². The Hall–Kier alpha value is -1.92. The van der Waals surface area contributed by atoms with Gasteiger partial charge in [-0.15, -0.1) is 0 Å². The van der Waals surface area contributed by atoms with Crippen LogP contribution in [0.15, 0.2) is 46.9 Å². The predicted molar refractivity (Wildman–Crippen MR) is 104 cm³/mol. The third-order valence-electron chi connectivity index (χ3n) is 3.69. The Bertz CT molecular complexity index is 711. The maximum absolute atomic E-state index is 12.5. The lowest BCUT2D eigenvalue weighted by molar-refractivity contribution is -0.305. The summed E-state index contributed by atoms with van der Waals surface area (Å²) >= 11 is 6.61. The monoisotopic (exact) mass is 374 g/mol. The first-order chi connectivity index (χ1) is 12.0. The van der Waals surface area contributed by atoms with Crippen LogP contribution in [0.3, 0.4) is 0 Å². The van der Waals surface area contributed by atoms with Crippen molar-refractivity contribution < 1.29 is 14.7 Å². The van der Waals surface area contributed by atoms with Crippen molar-refractivity contribution >= 4 is 46.3 Å². The third-order valence-corrected chi connectivity index (χ3v) is 5.07. The zero-order valence-electron chi connectivity index (χ0n) is 14.1. The third kappa shape index (κ3) is 6.14. The highest BCUT2D eigenvalue weighted by Crippen LogP contribution is 2.32. The van der Waals surface area contributed by atoms with Crippen LogP contribution in [-0.2, 0) is 9.59 Å². The van der Waals surface area contributed by atoms with Crippen LogP contribution in [0.25, 0.3) is 6.08 Å². The Labute approximate surface area is 157 Å². The largest absolute Gasteiger partial charge is 0.550 e. The van der Waals surface area contributed by atoms with E-state index in [0.717, 1.165) is 24.0 Å². The number of carbonyl (C=O) groups is 2. The first-order valence-electron chi connectivity index (χ1n) is 8.16. The van der Waals surface area contributed by atoms with Crippen LogP contribution in [0.2, 0.25) is 0 Å². The van der Waals surface area contributed by atoms with Gasteiger partial charge in [0.1, 0.15) is 4.32 Å². The zero-order valence-corrected chi connectivity index (χ0v) is 15.7. The first kappa shape index (κ1) is 19.4. The number of unbranched alkanes of at least 4 members (excludes halogenated alkanes) is 2. The van der Waals surface area contributed by atoms with Crippen LogP contribution in [0.1, 0.15) is 38.2 Å². The smallest absolute Gasteiger partial charge is 0.266 e. The molecule has 1 saturated heterocycles. The summed E-state index contributed by atoms with van der Waals surface area (Å²) in [5, 5.41) is 10.4. The molecule has 0 aliphatic carbocycles. The van der Waals surface area contributed by atoms with Gasteiger partial charge in [-0.3, -0.25) is 9.69 Å². The number of thiocarbonyl (C=S) groups is 1. The highest BCUT2D eigenvalue weighted by Gasteiger charge is 2.31. The van der Waals surface area contributed by atoms with E-state index in [1.54, 1.807) is 4.90 Å². The van der Waals surface area contributed by atoms with Gasteiger partial charge in [-0.2, -0.15) is 0 Å². The molecule has 1 amide bonds. The predicted octanol–water partition coefficient (Wildman–Crippen LogP) is 3.14. The van der Waals surface area contributed by atoms with E-state index in [9.17, 15) is 14.7 Å². The normalized spacial score (nSPS) is 16.8. The van der Waals surface area contributed by atoms with Crippen LogP contribution in [0, 0.1) is 0 Å². The Kier molecular flexibility index (Phi) is 7.40. The maximum atomic E-state index is 12.5. The molecule has 1 heterocycles. The van der Waals surface area contributed by atoms with E-state index >= 15 is 0 Å². The number of amides is 1. The zero-order chi connectivity index (χ0) is 18.2. The van der Waals surface area contributed by atoms with Crippen molar-refractivity contribution in [3.63, 3.8) is 0 Å². The van der Waals surface area contributed by atoms with Gasteiger partial charge in [0, 0.05) is 12.5 Å². The minimum Gasteiger partial charge on any atom is -0.550 e. The Morgan fingerprint density at radius 3 is 2.64 bits per heavy atom. The van der Waals surface area contributed by atoms with E-state index in [4.69, 9.17) is 12.2 Å².